The highest BCUT2D eigenvalue weighted by atomic mass is 32.1. The van der Waals surface area contributed by atoms with Gasteiger partial charge in [0.2, 0.25) is 0 Å². The van der Waals surface area contributed by atoms with E-state index in [1.807, 2.05) is 44.2 Å². The van der Waals surface area contributed by atoms with E-state index in [2.05, 4.69) is 10.6 Å². The van der Waals surface area contributed by atoms with Crippen molar-refractivity contribution in [3.63, 3.8) is 0 Å². The number of benzene rings is 2. The molecule has 0 aliphatic heterocycles. The quantitative estimate of drug-likeness (QED) is 0.585. The van der Waals surface area contributed by atoms with Gasteiger partial charge in [0, 0.05) is 5.69 Å². The van der Waals surface area contributed by atoms with Crippen molar-refractivity contribution in [3.8, 4) is 5.75 Å². The molecule has 26 heavy (non-hydrogen) atoms. The standard InChI is InChI=1S/C20H24N2O3S/c1-5-25-19(23)17-7-6-8-18(13(17)2)22-20(26)21-14(3)15-9-11-16(24-4)12-10-15/h6-12,14H,5H2,1-4H3,(H2,21,22,26). The number of rotatable bonds is 6. The minimum absolute atomic E-state index is 0.0226. The monoisotopic (exact) mass is 372 g/mol. The molecule has 0 radical (unpaired) electrons. The average molecular weight is 372 g/mol. The van der Waals surface area contributed by atoms with Crippen LogP contribution in [0.4, 0.5) is 5.69 Å². The van der Waals surface area contributed by atoms with Crippen LogP contribution in [0.5, 0.6) is 5.75 Å². The summed E-state index contributed by atoms with van der Waals surface area (Å²) in [4.78, 5) is 12.0. The number of hydrogen-bond donors (Lipinski definition) is 2. The first-order valence-electron chi connectivity index (χ1n) is 8.44. The maximum atomic E-state index is 12.0. The SMILES string of the molecule is CCOC(=O)c1cccc(NC(=S)NC(C)c2ccc(OC)cc2)c1C. The number of carbonyl (C=O) groups is 1. The van der Waals surface area contributed by atoms with E-state index >= 15 is 0 Å². The molecule has 138 valence electrons. The molecule has 0 aliphatic carbocycles. The number of methoxy groups -OCH3 is 1. The minimum Gasteiger partial charge on any atom is -0.497 e. The third-order valence-electron chi connectivity index (χ3n) is 4.04. The topological polar surface area (TPSA) is 59.6 Å². The summed E-state index contributed by atoms with van der Waals surface area (Å²) in [6.45, 7) is 6.02. The normalized spacial score (nSPS) is 11.4. The second-order valence-corrected chi connectivity index (χ2v) is 6.20. The highest BCUT2D eigenvalue weighted by Gasteiger charge is 2.14. The van der Waals surface area contributed by atoms with Gasteiger partial charge < -0.3 is 20.1 Å². The van der Waals surface area contributed by atoms with Crippen LogP contribution in [0.2, 0.25) is 0 Å². The van der Waals surface area contributed by atoms with Gasteiger partial charge in [0.05, 0.1) is 25.3 Å². The Morgan fingerprint density at radius 3 is 2.50 bits per heavy atom. The third-order valence-corrected chi connectivity index (χ3v) is 4.26. The van der Waals surface area contributed by atoms with Crippen molar-refractivity contribution in [2.45, 2.75) is 26.8 Å². The molecule has 2 aromatic rings. The molecule has 1 unspecified atom stereocenters. The van der Waals surface area contributed by atoms with Crippen LogP contribution in [0.3, 0.4) is 0 Å². The fourth-order valence-corrected chi connectivity index (χ4v) is 2.82. The third kappa shape index (κ3) is 4.95. The second kappa shape index (κ2) is 9.20. The zero-order chi connectivity index (χ0) is 19.1. The lowest BCUT2D eigenvalue weighted by Gasteiger charge is -2.19. The molecule has 2 N–H and O–H groups in total. The number of hydrogen-bond acceptors (Lipinski definition) is 4. The molecule has 0 saturated heterocycles. The summed E-state index contributed by atoms with van der Waals surface area (Å²) in [6.07, 6.45) is 0. The zero-order valence-corrected chi connectivity index (χ0v) is 16.3. The summed E-state index contributed by atoms with van der Waals surface area (Å²) in [5.74, 6) is 0.479. The smallest absolute Gasteiger partial charge is 0.338 e. The van der Waals surface area contributed by atoms with Gasteiger partial charge in [-0.15, -0.1) is 0 Å². The van der Waals surface area contributed by atoms with Crippen molar-refractivity contribution in [2.24, 2.45) is 0 Å². The first-order chi connectivity index (χ1) is 12.5. The Bertz CT molecular complexity index is 775. The van der Waals surface area contributed by atoms with Crippen LogP contribution in [0.15, 0.2) is 42.5 Å². The second-order valence-electron chi connectivity index (χ2n) is 5.79. The summed E-state index contributed by atoms with van der Waals surface area (Å²) in [7, 11) is 1.64. The van der Waals surface area contributed by atoms with Gasteiger partial charge in [-0.3, -0.25) is 0 Å². The van der Waals surface area contributed by atoms with Crippen molar-refractivity contribution < 1.29 is 14.3 Å². The summed E-state index contributed by atoms with van der Waals surface area (Å²) >= 11 is 5.42. The maximum absolute atomic E-state index is 12.0. The summed E-state index contributed by atoms with van der Waals surface area (Å²) in [6, 6.07) is 13.3. The van der Waals surface area contributed by atoms with Gasteiger partial charge in [0.15, 0.2) is 5.11 Å². The number of anilines is 1. The van der Waals surface area contributed by atoms with Gasteiger partial charge in [-0.05, 0) is 68.4 Å². The summed E-state index contributed by atoms with van der Waals surface area (Å²) in [5, 5.41) is 6.89. The van der Waals surface area contributed by atoms with E-state index in [9.17, 15) is 4.79 Å². The molecular weight excluding hydrogens is 348 g/mol. The molecule has 2 rings (SSSR count). The Labute approximate surface area is 159 Å². The van der Waals surface area contributed by atoms with E-state index in [0.717, 1.165) is 22.6 Å². The molecular formula is C20H24N2O3S. The first-order valence-corrected chi connectivity index (χ1v) is 8.85. The van der Waals surface area contributed by atoms with Crippen LogP contribution in [0.25, 0.3) is 0 Å². The lowest BCUT2D eigenvalue weighted by Crippen LogP contribution is -2.31. The Morgan fingerprint density at radius 2 is 1.88 bits per heavy atom. The lowest BCUT2D eigenvalue weighted by molar-refractivity contribution is 0.0525. The number of nitrogens with one attached hydrogen (secondary N) is 2. The van der Waals surface area contributed by atoms with Crippen LogP contribution < -0.4 is 15.4 Å². The number of ether oxygens (including phenoxy) is 2. The van der Waals surface area contributed by atoms with Crippen molar-refractivity contribution in [3.05, 3.63) is 59.2 Å². The predicted molar refractivity (Wildman–Crippen MR) is 108 cm³/mol. The number of thiocarbonyl (C=S) groups is 1. The Balaban J connectivity index is 2.05. The van der Waals surface area contributed by atoms with Gasteiger partial charge in [-0.25, -0.2) is 4.79 Å². The summed E-state index contributed by atoms with van der Waals surface area (Å²) < 4.78 is 10.3. The molecule has 6 heteroatoms. The van der Waals surface area contributed by atoms with Crippen molar-refractivity contribution in [1.82, 2.24) is 5.32 Å². The fraction of sp³-hybridized carbons (Fsp3) is 0.300. The van der Waals surface area contributed by atoms with Gasteiger partial charge in [0.1, 0.15) is 5.75 Å². The molecule has 0 aliphatic rings. The molecule has 1 atom stereocenters. The molecule has 0 saturated carbocycles. The number of esters is 1. The Kier molecular flexibility index (Phi) is 6.97. The van der Waals surface area contributed by atoms with Crippen LogP contribution in [0.1, 0.15) is 41.4 Å². The molecule has 0 aromatic heterocycles. The molecule has 0 heterocycles. The van der Waals surface area contributed by atoms with E-state index in [0.29, 0.717) is 17.3 Å². The lowest BCUT2D eigenvalue weighted by atomic mass is 10.1. The van der Waals surface area contributed by atoms with E-state index in [1.165, 1.54) is 0 Å². The fourth-order valence-electron chi connectivity index (χ4n) is 2.53. The molecule has 0 bridgehead atoms. The zero-order valence-electron chi connectivity index (χ0n) is 15.5. The largest absolute Gasteiger partial charge is 0.497 e. The Morgan fingerprint density at radius 1 is 1.19 bits per heavy atom. The molecule has 0 spiro atoms. The van der Waals surface area contributed by atoms with Crippen LogP contribution in [-0.4, -0.2) is 24.8 Å². The van der Waals surface area contributed by atoms with Crippen molar-refractivity contribution >= 4 is 29.0 Å². The van der Waals surface area contributed by atoms with E-state index in [-0.39, 0.29) is 12.0 Å². The average Bonchev–Trinajstić information content (AvgIpc) is 2.63. The maximum Gasteiger partial charge on any atom is 0.338 e. The van der Waals surface area contributed by atoms with Crippen LogP contribution in [0, 0.1) is 6.92 Å². The van der Waals surface area contributed by atoms with Crippen LogP contribution >= 0.6 is 12.2 Å². The van der Waals surface area contributed by atoms with Crippen molar-refractivity contribution in [1.29, 1.82) is 0 Å². The van der Waals surface area contributed by atoms with Crippen LogP contribution in [-0.2, 0) is 4.74 Å². The van der Waals surface area contributed by atoms with Gasteiger partial charge >= 0.3 is 5.97 Å². The Hall–Kier alpha value is -2.60. The molecule has 0 fully saturated rings. The first kappa shape index (κ1) is 19.7. The predicted octanol–water partition coefficient (Wildman–Crippen LogP) is 4.23. The molecule has 2 aromatic carbocycles. The van der Waals surface area contributed by atoms with E-state index < -0.39 is 0 Å². The highest BCUT2D eigenvalue weighted by molar-refractivity contribution is 7.80. The highest BCUT2D eigenvalue weighted by Crippen LogP contribution is 2.21. The van der Waals surface area contributed by atoms with Gasteiger partial charge in [-0.2, -0.15) is 0 Å². The number of carbonyl (C=O) groups excluding carboxylic acids is 1. The molecule has 0 amide bonds. The van der Waals surface area contributed by atoms with E-state index in [4.69, 9.17) is 21.7 Å². The van der Waals surface area contributed by atoms with Gasteiger partial charge in [0.25, 0.3) is 0 Å². The van der Waals surface area contributed by atoms with E-state index in [1.54, 1.807) is 26.2 Å². The minimum atomic E-state index is -0.334. The molecule has 5 nitrogen and oxygen atoms in total. The van der Waals surface area contributed by atoms with Gasteiger partial charge in [-0.1, -0.05) is 18.2 Å². The summed E-state index contributed by atoms with van der Waals surface area (Å²) in [5.41, 5.74) is 3.19. The van der Waals surface area contributed by atoms with Crippen molar-refractivity contribution in [2.75, 3.05) is 19.0 Å².